The highest BCUT2D eigenvalue weighted by Crippen LogP contribution is 2.35. The Labute approximate surface area is 146 Å². The topological polar surface area (TPSA) is 77.3 Å². The maximum absolute atomic E-state index is 13.0. The number of nitrogens with two attached hydrogens (primary N) is 2. The molecule has 0 amide bonds. The van der Waals surface area contributed by atoms with E-state index >= 15 is 0 Å². The van der Waals surface area contributed by atoms with E-state index in [1.54, 1.807) is 6.08 Å². The van der Waals surface area contributed by atoms with Crippen molar-refractivity contribution in [2.45, 2.75) is 52.3 Å². The molecule has 2 atom stereocenters. The van der Waals surface area contributed by atoms with Gasteiger partial charge in [-0.3, -0.25) is 4.99 Å². The molecule has 1 aliphatic rings. The molecule has 4 nitrogen and oxygen atoms in total. The van der Waals surface area contributed by atoms with E-state index < -0.39 is 17.6 Å². The van der Waals surface area contributed by atoms with Crippen molar-refractivity contribution in [3.05, 3.63) is 29.5 Å². The summed E-state index contributed by atoms with van der Waals surface area (Å²) < 4.78 is 39.1. The quantitative estimate of drug-likeness (QED) is 0.793. The van der Waals surface area contributed by atoms with Crippen LogP contribution in [-0.4, -0.2) is 16.7 Å². The van der Waals surface area contributed by atoms with Crippen molar-refractivity contribution >= 4 is 17.2 Å². The highest BCUT2D eigenvalue weighted by atomic mass is 19.4. The first-order chi connectivity index (χ1) is 11.6. The van der Waals surface area contributed by atoms with E-state index in [0.717, 1.165) is 31.0 Å². The average molecular weight is 354 g/mol. The molecule has 0 saturated heterocycles. The summed E-state index contributed by atoms with van der Waals surface area (Å²) in [6, 6.07) is 1.03. The number of alkyl halides is 3. The van der Waals surface area contributed by atoms with Crippen molar-refractivity contribution in [3.63, 3.8) is 0 Å². The predicted molar refractivity (Wildman–Crippen MR) is 94.9 cm³/mol. The number of halogens is 3. The van der Waals surface area contributed by atoms with Crippen LogP contribution in [0.25, 0.3) is 5.70 Å². The number of aliphatic imine (C=N–C) groups is 1. The van der Waals surface area contributed by atoms with Crippen LogP contribution in [0.15, 0.2) is 23.3 Å². The third-order valence-electron chi connectivity index (χ3n) is 4.51. The van der Waals surface area contributed by atoms with E-state index in [0.29, 0.717) is 5.92 Å². The van der Waals surface area contributed by atoms with Crippen molar-refractivity contribution in [1.29, 1.82) is 0 Å². The van der Waals surface area contributed by atoms with Gasteiger partial charge in [0, 0.05) is 35.1 Å². The van der Waals surface area contributed by atoms with E-state index in [9.17, 15) is 13.2 Å². The number of allylic oxidation sites excluding steroid dienone is 1. The first kappa shape index (κ1) is 19.3. The summed E-state index contributed by atoms with van der Waals surface area (Å²) in [4.78, 5) is 8.30. The smallest absolute Gasteiger partial charge is 0.398 e. The number of rotatable bonds is 4. The normalized spacial score (nSPS) is 22.7. The zero-order valence-corrected chi connectivity index (χ0v) is 14.8. The van der Waals surface area contributed by atoms with Crippen molar-refractivity contribution in [3.8, 4) is 0 Å². The van der Waals surface area contributed by atoms with Crippen LogP contribution in [0.4, 0.5) is 19.0 Å². The fourth-order valence-corrected chi connectivity index (χ4v) is 3.23. The molecule has 25 heavy (non-hydrogen) atoms. The molecule has 0 aliphatic heterocycles. The predicted octanol–water partition coefficient (Wildman–Crippen LogP) is 4.27. The number of nitrogen functional groups attached to an aromatic ring is 1. The van der Waals surface area contributed by atoms with Gasteiger partial charge in [0.2, 0.25) is 0 Å². The lowest BCUT2D eigenvalue weighted by Crippen LogP contribution is -2.18. The van der Waals surface area contributed by atoms with Gasteiger partial charge < -0.3 is 11.5 Å². The molecule has 4 N–H and O–H groups in total. The zero-order chi connectivity index (χ0) is 18.8. The van der Waals surface area contributed by atoms with Gasteiger partial charge in [-0.25, -0.2) is 4.98 Å². The molecule has 1 aromatic heterocycles. The molecule has 2 rings (SSSR count). The third-order valence-corrected chi connectivity index (χ3v) is 4.51. The monoisotopic (exact) mass is 354 g/mol. The molecule has 0 radical (unpaired) electrons. The van der Waals surface area contributed by atoms with Crippen molar-refractivity contribution in [1.82, 2.24) is 4.98 Å². The summed E-state index contributed by atoms with van der Waals surface area (Å²) in [5, 5.41) is 0. The number of nitrogens with zero attached hydrogens (tertiary/aromatic N) is 2. The molecular weight excluding hydrogens is 329 g/mol. The molecule has 7 heteroatoms. The summed E-state index contributed by atoms with van der Waals surface area (Å²) in [6.07, 6.45) is 1.66. The van der Waals surface area contributed by atoms with E-state index in [2.05, 4.69) is 16.9 Å². The van der Waals surface area contributed by atoms with Gasteiger partial charge in [0.15, 0.2) is 0 Å². The van der Waals surface area contributed by atoms with Gasteiger partial charge in [-0.2, -0.15) is 13.2 Å². The van der Waals surface area contributed by atoms with Crippen molar-refractivity contribution < 1.29 is 13.2 Å². The van der Waals surface area contributed by atoms with Crippen LogP contribution in [0.3, 0.4) is 0 Å². The van der Waals surface area contributed by atoms with Crippen LogP contribution in [0.5, 0.6) is 0 Å². The molecule has 0 aromatic carbocycles. The Kier molecular flexibility index (Phi) is 5.75. The molecule has 1 aliphatic carbocycles. The third kappa shape index (κ3) is 4.74. The average Bonchev–Trinajstić information content (AvgIpc) is 2.91. The second-order valence-electron chi connectivity index (χ2n) is 6.92. The maximum atomic E-state index is 13.0. The summed E-state index contributed by atoms with van der Waals surface area (Å²) in [6.45, 7) is 6.11. The Morgan fingerprint density at radius 2 is 2.04 bits per heavy atom. The molecule has 1 heterocycles. The Bertz CT molecular complexity index is 677. The highest BCUT2D eigenvalue weighted by molar-refractivity contribution is 6.02. The molecule has 1 fully saturated rings. The van der Waals surface area contributed by atoms with Crippen molar-refractivity contribution in [2.24, 2.45) is 22.6 Å². The fraction of sp³-hybridized carbons (Fsp3) is 0.556. The van der Waals surface area contributed by atoms with Gasteiger partial charge in [0.05, 0.1) is 5.56 Å². The van der Waals surface area contributed by atoms with Crippen LogP contribution in [0, 0.1) is 11.8 Å². The van der Waals surface area contributed by atoms with Crippen LogP contribution in [-0.2, 0) is 6.18 Å². The van der Waals surface area contributed by atoms with Crippen LogP contribution >= 0.6 is 0 Å². The standard InChI is InChI=1S/C18H25F3N4/c1-10(2)25-16(13-6-4-5-11(13)3)8-15(22)12-7-14(18(19,20)21)17(23)24-9-12/h7-11,13H,4-6,22H2,1-3H3,(H2,23,24)/t11-,13+/m0/s1. The number of hydrogen-bond acceptors (Lipinski definition) is 4. The number of anilines is 1. The molecule has 0 unspecified atom stereocenters. The van der Waals surface area contributed by atoms with Crippen LogP contribution in [0.1, 0.15) is 51.2 Å². The molecule has 0 bridgehead atoms. The Morgan fingerprint density at radius 3 is 2.56 bits per heavy atom. The minimum Gasteiger partial charge on any atom is -0.398 e. The molecule has 0 spiro atoms. The van der Waals surface area contributed by atoms with Gasteiger partial charge in [-0.05, 0) is 38.3 Å². The second-order valence-corrected chi connectivity index (χ2v) is 6.92. The lowest BCUT2D eigenvalue weighted by Gasteiger charge is -2.18. The Balaban J connectivity index is 2.41. The van der Waals surface area contributed by atoms with E-state index in [-0.39, 0.29) is 23.2 Å². The Morgan fingerprint density at radius 1 is 1.36 bits per heavy atom. The number of hydrogen-bond donors (Lipinski definition) is 2. The summed E-state index contributed by atoms with van der Waals surface area (Å²) in [7, 11) is 0. The van der Waals surface area contributed by atoms with Crippen molar-refractivity contribution in [2.75, 3.05) is 5.73 Å². The number of aromatic nitrogens is 1. The largest absolute Gasteiger partial charge is 0.419 e. The van der Waals surface area contributed by atoms with E-state index in [1.165, 1.54) is 6.20 Å². The van der Waals surface area contributed by atoms with Gasteiger partial charge >= 0.3 is 6.18 Å². The highest BCUT2D eigenvalue weighted by Gasteiger charge is 2.34. The van der Waals surface area contributed by atoms with Crippen LogP contribution < -0.4 is 11.5 Å². The van der Waals surface area contributed by atoms with Crippen LogP contribution in [0.2, 0.25) is 0 Å². The molecular formula is C18H25F3N4. The lowest BCUT2D eigenvalue weighted by molar-refractivity contribution is -0.137. The van der Waals surface area contributed by atoms with Gasteiger partial charge in [0.25, 0.3) is 0 Å². The van der Waals surface area contributed by atoms with Gasteiger partial charge in [-0.1, -0.05) is 19.8 Å². The SMILES string of the molecule is CC(C)N=C(C=C(N)c1cnc(N)c(C(F)(F)F)c1)[C@@H]1CCC[C@@H]1C. The second kappa shape index (κ2) is 7.45. The summed E-state index contributed by atoms with van der Waals surface area (Å²) in [5.41, 5.74) is 11.7. The first-order valence-corrected chi connectivity index (χ1v) is 8.47. The Hall–Kier alpha value is -2.05. The van der Waals surface area contributed by atoms with E-state index in [4.69, 9.17) is 11.5 Å². The molecule has 1 saturated carbocycles. The van der Waals surface area contributed by atoms with Gasteiger partial charge in [0.1, 0.15) is 5.82 Å². The fourth-order valence-electron chi connectivity index (χ4n) is 3.23. The lowest BCUT2D eigenvalue weighted by atomic mass is 9.91. The summed E-state index contributed by atoms with van der Waals surface area (Å²) in [5.74, 6) is 0.214. The molecule has 138 valence electrons. The minimum absolute atomic E-state index is 0.0853. The van der Waals surface area contributed by atoms with Gasteiger partial charge in [-0.15, -0.1) is 0 Å². The first-order valence-electron chi connectivity index (χ1n) is 8.47. The maximum Gasteiger partial charge on any atom is 0.419 e. The minimum atomic E-state index is -4.57. The number of pyridine rings is 1. The summed E-state index contributed by atoms with van der Waals surface area (Å²) >= 11 is 0. The molecule has 1 aromatic rings. The van der Waals surface area contributed by atoms with E-state index in [1.807, 2.05) is 13.8 Å². The zero-order valence-electron chi connectivity index (χ0n) is 14.8.